The van der Waals surface area contributed by atoms with Crippen LogP contribution in [0.5, 0.6) is 5.75 Å². The zero-order valence-electron chi connectivity index (χ0n) is 16.7. The van der Waals surface area contributed by atoms with Crippen LogP contribution in [0, 0.1) is 13.8 Å². The lowest BCUT2D eigenvalue weighted by Gasteiger charge is -2.41. The number of methoxy groups -OCH3 is 1. The molecule has 0 saturated carbocycles. The molecule has 0 radical (unpaired) electrons. The van der Waals surface area contributed by atoms with Gasteiger partial charge in [-0.25, -0.2) is 5.01 Å². The molecule has 2 aromatic carbocycles. The van der Waals surface area contributed by atoms with E-state index < -0.39 is 0 Å². The molecule has 1 unspecified atom stereocenters. The third kappa shape index (κ3) is 4.64. The Morgan fingerprint density at radius 2 is 1.96 bits per heavy atom. The minimum atomic E-state index is -0.256. The number of carbonyl (C=O) groups is 1. The van der Waals surface area contributed by atoms with Crippen LogP contribution in [0.3, 0.4) is 0 Å². The van der Waals surface area contributed by atoms with E-state index in [1.807, 2.05) is 29.5 Å². The van der Waals surface area contributed by atoms with Crippen molar-refractivity contribution < 1.29 is 9.53 Å². The molecule has 28 heavy (non-hydrogen) atoms. The van der Waals surface area contributed by atoms with Crippen molar-refractivity contribution in [3.63, 3.8) is 0 Å². The Morgan fingerprint density at radius 1 is 1.21 bits per heavy atom. The Balaban J connectivity index is 1.84. The van der Waals surface area contributed by atoms with Crippen LogP contribution < -0.4 is 15.1 Å². The van der Waals surface area contributed by atoms with Crippen LogP contribution >= 0.6 is 27.7 Å². The van der Waals surface area contributed by atoms with Gasteiger partial charge in [-0.2, -0.15) is 0 Å². The maximum atomic E-state index is 12.7. The summed E-state index contributed by atoms with van der Waals surface area (Å²) < 4.78 is 6.59. The van der Waals surface area contributed by atoms with Crippen LogP contribution in [0.4, 0.5) is 11.4 Å². The monoisotopic (exact) mass is 463 g/mol. The maximum Gasteiger partial charge on any atom is 0.209 e. The highest BCUT2D eigenvalue weighted by atomic mass is 79.9. The second-order valence-electron chi connectivity index (χ2n) is 6.91. The van der Waals surface area contributed by atoms with Gasteiger partial charge >= 0.3 is 0 Å². The number of hydrogen-bond donors (Lipinski definition) is 1. The molecule has 5 nitrogen and oxygen atoms in total. The summed E-state index contributed by atoms with van der Waals surface area (Å²) in [5.41, 5.74) is 7.83. The van der Waals surface area contributed by atoms with Gasteiger partial charge in [-0.05, 0) is 61.6 Å². The summed E-state index contributed by atoms with van der Waals surface area (Å²) in [6.45, 7) is 6.33. The smallest absolute Gasteiger partial charge is 0.209 e. The number of ether oxygens (including phenoxy) is 1. The molecule has 1 aliphatic rings. The van der Waals surface area contributed by atoms with E-state index >= 15 is 0 Å². The first-order valence-electron chi connectivity index (χ1n) is 9.19. The van der Waals surface area contributed by atoms with E-state index in [-0.39, 0.29) is 11.2 Å². The number of nitrogens with zero attached hydrogens (tertiary/aromatic N) is 2. The van der Waals surface area contributed by atoms with Gasteiger partial charge in [0, 0.05) is 29.8 Å². The fraction of sp³-hybridized carbons (Fsp3) is 0.381. The fourth-order valence-electron chi connectivity index (χ4n) is 3.36. The molecule has 1 atom stereocenters. The molecule has 0 bridgehead atoms. The third-order valence-corrected chi connectivity index (χ3v) is 6.27. The van der Waals surface area contributed by atoms with Crippen LogP contribution in [0.25, 0.3) is 0 Å². The van der Waals surface area contributed by atoms with E-state index in [2.05, 4.69) is 58.3 Å². The summed E-state index contributed by atoms with van der Waals surface area (Å²) in [7, 11) is 1.67. The number of thioether (sulfide) groups is 1. The van der Waals surface area contributed by atoms with Crippen molar-refractivity contribution in [2.75, 3.05) is 43.3 Å². The number of anilines is 2. The number of aryl methyl sites for hydroxylation is 2. The third-order valence-electron chi connectivity index (χ3n) is 5.11. The highest BCUT2D eigenvalue weighted by Gasteiger charge is 2.33. The standard InChI is InChI=1S/C21H26BrN3O2S/c1-14-10-18(20(27-3)11-15(14)2)23-25-9-8-24(13-19(25)21(26)28-4)17-7-5-6-16(22)12-17/h5-7,10-12,19,23H,8-9,13H2,1-4H3. The number of halogens is 1. The van der Waals surface area contributed by atoms with Crippen LogP contribution in [0.15, 0.2) is 40.9 Å². The quantitative estimate of drug-likeness (QED) is 0.704. The zero-order valence-corrected chi connectivity index (χ0v) is 19.1. The largest absolute Gasteiger partial charge is 0.495 e. The average Bonchev–Trinajstić information content (AvgIpc) is 2.70. The normalized spacial score (nSPS) is 17.5. The summed E-state index contributed by atoms with van der Waals surface area (Å²) in [6.07, 6.45) is 1.84. The summed E-state index contributed by atoms with van der Waals surface area (Å²) in [6, 6.07) is 12.1. The van der Waals surface area contributed by atoms with Crippen molar-refractivity contribution in [2.24, 2.45) is 0 Å². The molecule has 7 heteroatoms. The molecule has 1 fully saturated rings. The van der Waals surface area contributed by atoms with Gasteiger partial charge in [0.2, 0.25) is 5.12 Å². The average molecular weight is 464 g/mol. The maximum absolute atomic E-state index is 12.7. The van der Waals surface area contributed by atoms with Crippen molar-refractivity contribution in [1.82, 2.24) is 5.01 Å². The predicted molar refractivity (Wildman–Crippen MR) is 121 cm³/mol. The first kappa shape index (κ1) is 21.0. The van der Waals surface area contributed by atoms with E-state index in [9.17, 15) is 4.79 Å². The van der Waals surface area contributed by atoms with Gasteiger partial charge in [0.25, 0.3) is 0 Å². The number of nitrogens with one attached hydrogen (secondary N) is 1. The topological polar surface area (TPSA) is 44.8 Å². The molecule has 1 saturated heterocycles. The molecule has 0 aliphatic carbocycles. The second kappa shape index (κ2) is 9.20. The molecule has 1 N–H and O–H groups in total. The number of hydrogen-bond acceptors (Lipinski definition) is 6. The first-order chi connectivity index (χ1) is 13.4. The molecule has 0 spiro atoms. The van der Waals surface area contributed by atoms with Crippen LogP contribution in [0.1, 0.15) is 11.1 Å². The van der Waals surface area contributed by atoms with Gasteiger partial charge in [0.05, 0.1) is 12.8 Å². The lowest BCUT2D eigenvalue weighted by atomic mass is 10.1. The first-order valence-corrected chi connectivity index (χ1v) is 11.2. The minimum absolute atomic E-state index is 0.148. The Bertz CT molecular complexity index is 862. The fourth-order valence-corrected chi connectivity index (χ4v) is 4.22. The highest BCUT2D eigenvalue weighted by Crippen LogP contribution is 2.30. The molecule has 1 aliphatic heterocycles. The van der Waals surface area contributed by atoms with Crippen LogP contribution in [-0.4, -0.2) is 49.2 Å². The van der Waals surface area contributed by atoms with Gasteiger partial charge in [0.15, 0.2) is 0 Å². The van der Waals surface area contributed by atoms with E-state index in [4.69, 9.17) is 4.74 Å². The van der Waals surface area contributed by atoms with Crippen LogP contribution in [-0.2, 0) is 4.79 Å². The molecule has 0 aromatic heterocycles. The van der Waals surface area contributed by atoms with E-state index in [0.29, 0.717) is 6.54 Å². The van der Waals surface area contributed by atoms with Crippen molar-refractivity contribution in [3.05, 3.63) is 52.0 Å². The van der Waals surface area contributed by atoms with Crippen molar-refractivity contribution in [3.8, 4) is 5.75 Å². The van der Waals surface area contributed by atoms with Gasteiger partial charge in [-0.15, -0.1) is 0 Å². The molecule has 1 heterocycles. The van der Waals surface area contributed by atoms with E-state index in [0.717, 1.165) is 34.7 Å². The Hall–Kier alpha value is -1.70. The number of rotatable bonds is 5. The number of hydrazine groups is 1. The number of carbonyl (C=O) groups excluding carboxylic acids is 1. The van der Waals surface area contributed by atoms with E-state index in [1.165, 1.54) is 22.9 Å². The molecular formula is C21H26BrN3O2S. The predicted octanol–water partition coefficient (Wildman–Crippen LogP) is 4.48. The molecule has 3 rings (SSSR count). The summed E-state index contributed by atoms with van der Waals surface area (Å²) >= 11 is 4.81. The molecule has 2 aromatic rings. The highest BCUT2D eigenvalue weighted by molar-refractivity contribution is 9.10. The Kier molecular flexibility index (Phi) is 6.91. The zero-order chi connectivity index (χ0) is 20.3. The second-order valence-corrected chi connectivity index (χ2v) is 8.63. The molecular weight excluding hydrogens is 438 g/mol. The number of benzene rings is 2. The summed E-state index contributed by atoms with van der Waals surface area (Å²) in [4.78, 5) is 15.0. The number of piperazine rings is 1. The Morgan fingerprint density at radius 3 is 2.64 bits per heavy atom. The van der Waals surface area contributed by atoms with Gasteiger partial charge in [0.1, 0.15) is 11.8 Å². The van der Waals surface area contributed by atoms with Gasteiger partial charge in [-0.3, -0.25) is 4.79 Å². The van der Waals surface area contributed by atoms with E-state index in [1.54, 1.807) is 7.11 Å². The summed E-state index contributed by atoms with van der Waals surface area (Å²) in [5.74, 6) is 0.785. The van der Waals surface area contributed by atoms with Gasteiger partial charge in [-0.1, -0.05) is 33.8 Å². The minimum Gasteiger partial charge on any atom is -0.495 e. The SMILES string of the molecule is COc1cc(C)c(C)cc1NN1CCN(c2cccc(Br)c2)CC1C(=O)SC. The lowest BCUT2D eigenvalue weighted by Crippen LogP contribution is -2.57. The van der Waals surface area contributed by atoms with Crippen molar-refractivity contribution >= 4 is 44.2 Å². The molecule has 0 amide bonds. The van der Waals surface area contributed by atoms with Crippen LogP contribution in [0.2, 0.25) is 0 Å². The Labute approximate surface area is 179 Å². The van der Waals surface area contributed by atoms with Gasteiger partial charge < -0.3 is 15.1 Å². The van der Waals surface area contributed by atoms with Crippen molar-refractivity contribution in [2.45, 2.75) is 19.9 Å². The molecule has 150 valence electrons. The lowest BCUT2D eigenvalue weighted by molar-refractivity contribution is -0.115. The van der Waals surface area contributed by atoms with Crippen molar-refractivity contribution in [1.29, 1.82) is 0 Å². The summed E-state index contributed by atoms with van der Waals surface area (Å²) in [5, 5.41) is 2.19.